The minimum absolute atomic E-state index is 0.0116. The fourth-order valence-corrected chi connectivity index (χ4v) is 12.2. The molecule has 18 nitrogen and oxygen atoms in total. The molecule has 0 radical (unpaired) electrons. The number of piperidine rings is 3. The molecule has 1 aromatic heterocycles. The number of hydrogen-bond donors (Lipinski definition) is 3. The highest BCUT2D eigenvalue weighted by molar-refractivity contribution is 7.92. The molecule has 10 rings (SSSR count). The number of nitrogens with zero attached hydrogens (tertiary/aromatic N) is 8. The van der Waals surface area contributed by atoms with E-state index in [0.717, 1.165) is 106 Å². The van der Waals surface area contributed by atoms with Gasteiger partial charge < -0.3 is 35.0 Å². The van der Waals surface area contributed by atoms with Crippen LogP contribution in [0.1, 0.15) is 65.6 Å². The van der Waals surface area contributed by atoms with Gasteiger partial charge in [-0.05, 0) is 92.5 Å². The van der Waals surface area contributed by atoms with Crippen LogP contribution in [-0.2, 0) is 37.4 Å². The highest BCUT2D eigenvalue weighted by Gasteiger charge is 2.40. The van der Waals surface area contributed by atoms with Gasteiger partial charge in [0.15, 0.2) is 5.82 Å². The van der Waals surface area contributed by atoms with Crippen LogP contribution < -0.4 is 34.8 Å². The molecule has 4 saturated heterocycles. The number of para-hydroxylation sites is 1. The van der Waals surface area contributed by atoms with E-state index in [1.54, 1.807) is 12.0 Å². The molecule has 364 valence electrons. The van der Waals surface area contributed by atoms with Crippen molar-refractivity contribution < 1.29 is 32.3 Å². The van der Waals surface area contributed by atoms with E-state index in [4.69, 9.17) is 16.3 Å². The third kappa shape index (κ3) is 9.35. The quantitative estimate of drug-likeness (QED) is 0.169. The van der Waals surface area contributed by atoms with E-state index in [-0.39, 0.29) is 35.1 Å². The molecule has 3 aromatic carbocycles. The molecule has 3 N–H and O–H groups in total. The number of imide groups is 1. The van der Waals surface area contributed by atoms with Gasteiger partial charge in [0, 0.05) is 107 Å². The number of benzene rings is 3. The highest BCUT2D eigenvalue weighted by Crippen LogP contribution is 2.41. The normalized spacial score (nSPS) is 20.6. The monoisotopic (exact) mass is 979 g/mol. The minimum Gasteiger partial charge on any atom is -0.494 e. The van der Waals surface area contributed by atoms with Gasteiger partial charge in [-0.15, -0.1) is 0 Å². The molecule has 20 heteroatoms. The number of carbonyl (C=O) groups excluding carboxylic acids is 4. The largest absolute Gasteiger partial charge is 0.494 e. The maximum atomic E-state index is 13.8. The van der Waals surface area contributed by atoms with Crippen LogP contribution in [-0.4, -0.2) is 141 Å². The van der Waals surface area contributed by atoms with Crippen LogP contribution in [0.2, 0.25) is 5.02 Å². The van der Waals surface area contributed by atoms with Crippen LogP contribution in [0.3, 0.4) is 0 Å². The lowest BCUT2D eigenvalue weighted by Gasteiger charge is -2.44. The zero-order valence-corrected chi connectivity index (χ0v) is 40.7. The van der Waals surface area contributed by atoms with Gasteiger partial charge in [0.2, 0.25) is 33.7 Å². The Kier molecular flexibility index (Phi) is 12.8. The van der Waals surface area contributed by atoms with Gasteiger partial charge in [0.25, 0.3) is 5.91 Å². The Morgan fingerprint density at radius 2 is 1.59 bits per heavy atom. The van der Waals surface area contributed by atoms with Gasteiger partial charge in [0.1, 0.15) is 16.8 Å². The number of aryl methyl sites for hydroxylation is 1. The first kappa shape index (κ1) is 46.5. The summed E-state index contributed by atoms with van der Waals surface area (Å²) >= 11 is 6.56. The molecule has 4 fully saturated rings. The van der Waals surface area contributed by atoms with Crippen molar-refractivity contribution in [2.45, 2.75) is 70.5 Å². The minimum atomic E-state index is -3.48. The number of sulfonamides is 1. The smallest absolute Gasteiger partial charge is 0.255 e. The van der Waals surface area contributed by atoms with E-state index in [1.807, 2.05) is 42.5 Å². The molecular weight excluding hydrogens is 922 g/mol. The number of carbonyl (C=O) groups is 4. The standard InChI is InChI=1S/C49H58ClN11O7S/c1-30-25-39(53-49-51-28-37(50)45(55-49)52-38-6-4-5-31-13-20-61(44(31)38)69(3,66)67)42(68-2)27-41(30)58-18-14-34(15-19-58)57-21-23-59(24-22-57)47(64)32-11-16-56(17-12-32)35-7-8-36-33(26-35)29-60(48(36)65)40-9-10-43(62)54-46(40)63/h4-8,25-28,32,34,40H,9-24,29H2,1-3H3,(H,54,62,63)(H2,51,52,53,55). The molecule has 6 aliphatic rings. The van der Waals surface area contributed by atoms with E-state index in [2.05, 4.69) is 58.5 Å². The molecule has 1 atom stereocenters. The summed E-state index contributed by atoms with van der Waals surface area (Å²) in [5.41, 5.74) is 7.50. The summed E-state index contributed by atoms with van der Waals surface area (Å²) in [4.78, 5) is 71.2. The Morgan fingerprint density at radius 3 is 2.32 bits per heavy atom. The zero-order valence-electron chi connectivity index (χ0n) is 39.2. The van der Waals surface area contributed by atoms with Crippen molar-refractivity contribution in [3.8, 4) is 5.75 Å². The molecule has 4 aromatic rings. The van der Waals surface area contributed by atoms with E-state index >= 15 is 0 Å². The SMILES string of the molecule is COc1cc(N2CCC(N3CCN(C(=O)C4CCN(c5ccc6c(c5)CN(C5CCC(=O)NC5=O)C6=O)CC4)CC3)CC2)c(C)cc1Nc1ncc(Cl)c(Nc2cccc3c2N(S(C)(=O)=O)CC3)n1. The summed E-state index contributed by atoms with van der Waals surface area (Å²) in [7, 11) is -1.84. The van der Waals surface area contributed by atoms with Crippen LogP contribution in [0, 0.1) is 12.8 Å². The number of methoxy groups -OCH3 is 1. The van der Waals surface area contributed by atoms with Crippen molar-refractivity contribution >= 4 is 85.5 Å². The summed E-state index contributed by atoms with van der Waals surface area (Å²) < 4.78 is 32.4. The van der Waals surface area contributed by atoms with E-state index in [1.165, 1.54) is 16.8 Å². The molecule has 69 heavy (non-hydrogen) atoms. The summed E-state index contributed by atoms with van der Waals surface area (Å²) in [6, 6.07) is 15.4. The number of amides is 4. The fourth-order valence-electron chi connectivity index (χ4n) is 11.1. The Hall–Kier alpha value is -6.18. The Bertz CT molecular complexity index is 2810. The van der Waals surface area contributed by atoms with Gasteiger partial charge in [-0.3, -0.25) is 33.7 Å². The summed E-state index contributed by atoms with van der Waals surface area (Å²) in [5, 5.41) is 9.21. The van der Waals surface area contributed by atoms with Gasteiger partial charge in [-0.25, -0.2) is 13.4 Å². The summed E-state index contributed by atoms with van der Waals surface area (Å²) in [6.45, 7) is 9.30. The number of nitrogens with one attached hydrogen (secondary N) is 3. The van der Waals surface area contributed by atoms with Crippen LogP contribution in [0.5, 0.6) is 5.75 Å². The van der Waals surface area contributed by atoms with E-state index in [9.17, 15) is 27.6 Å². The molecule has 0 spiro atoms. The summed E-state index contributed by atoms with van der Waals surface area (Å²) in [5.74, 6) is 0.628. The van der Waals surface area contributed by atoms with Crippen molar-refractivity contribution in [1.29, 1.82) is 0 Å². The second-order valence-electron chi connectivity index (χ2n) is 19.0. The molecule has 0 saturated carbocycles. The third-order valence-electron chi connectivity index (χ3n) is 14.8. The van der Waals surface area contributed by atoms with Crippen molar-refractivity contribution in [3.63, 3.8) is 0 Å². The predicted octanol–water partition coefficient (Wildman–Crippen LogP) is 5.05. The van der Waals surface area contributed by atoms with Gasteiger partial charge in [-0.1, -0.05) is 23.7 Å². The average Bonchev–Trinajstić information content (AvgIpc) is 3.94. The number of aromatic nitrogens is 2. The zero-order chi connectivity index (χ0) is 48.1. The number of ether oxygens (including phenoxy) is 1. The van der Waals surface area contributed by atoms with E-state index in [0.29, 0.717) is 72.1 Å². The van der Waals surface area contributed by atoms with Gasteiger partial charge in [0.05, 0.1) is 36.6 Å². The number of hydrogen-bond acceptors (Lipinski definition) is 14. The first-order valence-corrected chi connectivity index (χ1v) is 26.1. The van der Waals surface area contributed by atoms with Crippen LogP contribution in [0.25, 0.3) is 0 Å². The van der Waals surface area contributed by atoms with E-state index < -0.39 is 22.0 Å². The van der Waals surface area contributed by atoms with Crippen molar-refractivity contribution in [2.75, 3.05) is 97.0 Å². The number of halogens is 1. The average molecular weight is 981 g/mol. The number of piperazine rings is 1. The number of rotatable bonds is 11. The highest BCUT2D eigenvalue weighted by atomic mass is 35.5. The maximum absolute atomic E-state index is 13.8. The van der Waals surface area contributed by atoms with Gasteiger partial charge in [-0.2, -0.15) is 4.98 Å². The number of anilines is 7. The van der Waals surface area contributed by atoms with Crippen molar-refractivity contribution in [1.82, 2.24) is 30.0 Å². The third-order valence-corrected chi connectivity index (χ3v) is 16.2. The van der Waals surface area contributed by atoms with Crippen molar-refractivity contribution in [3.05, 3.63) is 82.0 Å². The second-order valence-corrected chi connectivity index (χ2v) is 21.3. The first-order chi connectivity index (χ1) is 33.2. The topological polar surface area (TPSA) is 193 Å². The Morgan fingerprint density at radius 1 is 0.841 bits per heavy atom. The van der Waals surface area contributed by atoms with Crippen LogP contribution in [0.15, 0.2) is 54.7 Å². The van der Waals surface area contributed by atoms with Crippen LogP contribution >= 0.6 is 11.6 Å². The lowest BCUT2D eigenvalue weighted by molar-refractivity contribution is -0.139. The molecule has 6 aliphatic heterocycles. The molecular formula is C49H58ClN11O7S. The second kappa shape index (κ2) is 19.0. The molecule has 7 heterocycles. The molecule has 0 aliphatic carbocycles. The Balaban J connectivity index is 0.698. The Labute approximate surface area is 407 Å². The lowest BCUT2D eigenvalue weighted by Crippen LogP contribution is -2.55. The predicted molar refractivity (Wildman–Crippen MR) is 264 cm³/mol. The maximum Gasteiger partial charge on any atom is 0.255 e. The molecule has 4 amide bonds. The van der Waals surface area contributed by atoms with Crippen LogP contribution in [0.4, 0.5) is 40.2 Å². The number of fused-ring (bicyclic) bond motifs is 2. The van der Waals surface area contributed by atoms with Gasteiger partial charge >= 0.3 is 0 Å². The molecule has 1 unspecified atom stereocenters. The molecule has 0 bridgehead atoms. The fraction of sp³-hybridized carbons (Fsp3) is 0.469. The lowest BCUT2D eigenvalue weighted by atomic mass is 9.94. The van der Waals surface area contributed by atoms with Crippen molar-refractivity contribution in [2.24, 2.45) is 5.92 Å². The summed E-state index contributed by atoms with van der Waals surface area (Å²) in [6.07, 6.45) is 7.46. The first-order valence-electron chi connectivity index (χ1n) is 23.9.